The molecule has 0 aliphatic carbocycles. The largest absolute Gasteiger partial charge is 0.350 e. The second-order valence-corrected chi connectivity index (χ2v) is 4.93. The van der Waals surface area contributed by atoms with Crippen LogP contribution in [0.4, 0.5) is 5.13 Å². The van der Waals surface area contributed by atoms with Gasteiger partial charge in [-0.05, 0) is 19.4 Å². The van der Waals surface area contributed by atoms with Gasteiger partial charge in [-0.15, -0.1) is 0 Å². The number of nitrogens with two attached hydrogens (primary N) is 1. The summed E-state index contributed by atoms with van der Waals surface area (Å²) in [6.07, 6.45) is 0. The van der Waals surface area contributed by atoms with Crippen molar-refractivity contribution in [3.05, 3.63) is 41.7 Å². The summed E-state index contributed by atoms with van der Waals surface area (Å²) in [5.74, 6) is 0.782. The van der Waals surface area contributed by atoms with Crippen LogP contribution < -0.4 is 11.1 Å². The van der Waals surface area contributed by atoms with Crippen molar-refractivity contribution in [3.8, 4) is 0 Å². The number of rotatable bonds is 4. The Morgan fingerprint density at radius 2 is 2.06 bits per heavy atom. The zero-order valence-electron chi connectivity index (χ0n) is 9.97. The Balaban J connectivity index is 2.26. The highest BCUT2D eigenvalue weighted by atomic mass is 32.1. The SMILES string of the molecule is Cc1nsc(NC(C)(CN)c2ccccc2)n1. The molecule has 0 bridgehead atoms. The minimum atomic E-state index is -0.312. The van der Waals surface area contributed by atoms with E-state index in [2.05, 4.69) is 33.7 Å². The average Bonchev–Trinajstić information content (AvgIpc) is 2.75. The molecule has 1 atom stereocenters. The van der Waals surface area contributed by atoms with Crippen molar-refractivity contribution in [2.45, 2.75) is 19.4 Å². The molecule has 0 amide bonds. The van der Waals surface area contributed by atoms with Gasteiger partial charge in [0.15, 0.2) is 0 Å². The number of aryl methyl sites for hydroxylation is 1. The van der Waals surface area contributed by atoms with Gasteiger partial charge in [0.2, 0.25) is 5.13 Å². The molecule has 1 heterocycles. The predicted molar refractivity (Wildman–Crippen MR) is 71.1 cm³/mol. The molecule has 3 N–H and O–H groups in total. The van der Waals surface area contributed by atoms with Crippen LogP contribution in [0.1, 0.15) is 18.3 Å². The summed E-state index contributed by atoms with van der Waals surface area (Å²) in [6.45, 7) is 4.44. The van der Waals surface area contributed by atoms with Crippen molar-refractivity contribution in [1.82, 2.24) is 9.36 Å². The van der Waals surface area contributed by atoms with E-state index in [4.69, 9.17) is 5.73 Å². The van der Waals surface area contributed by atoms with Crippen molar-refractivity contribution >= 4 is 16.7 Å². The maximum absolute atomic E-state index is 5.89. The molecule has 2 rings (SSSR count). The number of aromatic nitrogens is 2. The fraction of sp³-hybridized carbons (Fsp3) is 0.333. The monoisotopic (exact) mass is 248 g/mol. The minimum Gasteiger partial charge on any atom is -0.350 e. The fourth-order valence-corrected chi connectivity index (χ4v) is 2.33. The molecule has 0 radical (unpaired) electrons. The van der Waals surface area contributed by atoms with E-state index in [1.165, 1.54) is 11.5 Å². The van der Waals surface area contributed by atoms with Gasteiger partial charge < -0.3 is 11.1 Å². The van der Waals surface area contributed by atoms with E-state index < -0.39 is 0 Å². The first-order chi connectivity index (χ1) is 8.14. The van der Waals surface area contributed by atoms with Gasteiger partial charge in [-0.2, -0.15) is 4.37 Å². The molecule has 4 nitrogen and oxygen atoms in total. The van der Waals surface area contributed by atoms with Crippen molar-refractivity contribution < 1.29 is 0 Å². The molecule has 0 saturated heterocycles. The summed E-state index contributed by atoms with van der Waals surface area (Å²) in [5.41, 5.74) is 6.72. The predicted octanol–water partition coefficient (Wildman–Crippen LogP) is 2.13. The first kappa shape index (κ1) is 12.0. The van der Waals surface area contributed by atoms with Gasteiger partial charge in [-0.3, -0.25) is 0 Å². The van der Waals surface area contributed by atoms with Crippen LogP contribution in [-0.4, -0.2) is 15.9 Å². The highest BCUT2D eigenvalue weighted by Crippen LogP contribution is 2.25. The molecule has 0 fully saturated rings. The molecule has 2 aromatic rings. The van der Waals surface area contributed by atoms with Crippen LogP contribution in [0.5, 0.6) is 0 Å². The molecule has 5 heteroatoms. The molecule has 17 heavy (non-hydrogen) atoms. The second-order valence-electron chi connectivity index (χ2n) is 4.17. The number of anilines is 1. The average molecular weight is 248 g/mol. The Hall–Kier alpha value is -1.46. The van der Waals surface area contributed by atoms with Crippen LogP contribution in [0.25, 0.3) is 0 Å². The van der Waals surface area contributed by atoms with Crippen LogP contribution in [0, 0.1) is 6.92 Å². The van der Waals surface area contributed by atoms with Gasteiger partial charge in [0, 0.05) is 18.1 Å². The normalized spacial score (nSPS) is 14.3. The highest BCUT2D eigenvalue weighted by Gasteiger charge is 2.25. The zero-order valence-corrected chi connectivity index (χ0v) is 10.8. The van der Waals surface area contributed by atoms with E-state index in [1.807, 2.05) is 25.1 Å². The van der Waals surface area contributed by atoms with Crippen molar-refractivity contribution in [2.75, 3.05) is 11.9 Å². The molecular formula is C12H16N4S. The molecule has 1 unspecified atom stereocenters. The number of benzene rings is 1. The molecule has 0 aliphatic heterocycles. The zero-order chi connectivity index (χ0) is 12.3. The number of hydrogen-bond donors (Lipinski definition) is 2. The summed E-state index contributed by atoms with van der Waals surface area (Å²) >= 11 is 1.36. The van der Waals surface area contributed by atoms with Gasteiger partial charge >= 0.3 is 0 Å². The van der Waals surface area contributed by atoms with E-state index in [-0.39, 0.29) is 5.54 Å². The van der Waals surface area contributed by atoms with E-state index in [0.717, 1.165) is 16.5 Å². The van der Waals surface area contributed by atoms with Crippen LogP contribution in [0.3, 0.4) is 0 Å². The van der Waals surface area contributed by atoms with Crippen LogP contribution in [-0.2, 0) is 5.54 Å². The van der Waals surface area contributed by atoms with Crippen molar-refractivity contribution in [3.63, 3.8) is 0 Å². The lowest BCUT2D eigenvalue weighted by molar-refractivity contribution is 0.556. The van der Waals surface area contributed by atoms with Crippen LogP contribution >= 0.6 is 11.5 Å². The number of nitrogens with one attached hydrogen (secondary N) is 1. The topological polar surface area (TPSA) is 63.8 Å². The molecular weight excluding hydrogens is 232 g/mol. The summed E-state index contributed by atoms with van der Waals surface area (Å²) in [6, 6.07) is 10.1. The Kier molecular flexibility index (Phi) is 3.40. The Bertz CT molecular complexity index is 482. The summed E-state index contributed by atoms with van der Waals surface area (Å²) in [7, 11) is 0. The van der Waals surface area contributed by atoms with E-state index >= 15 is 0 Å². The molecule has 0 aliphatic rings. The summed E-state index contributed by atoms with van der Waals surface area (Å²) in [5, 5.41) is 4.17. The molecule has 90 valence electrons. The van der Waals surface area contributed by atoms with Gasteiger partial charge in [-0.1, -0.05) is 30.3 Å². The first-order valence-corrected chi connectivity index (χ1v) is 6.25. The lowest BCUT2D eigenvalue weighted by Crippen LogP contribution is -2.39. The van der Waals surface area contributed by atoms with Crippen molar-refractivity contribution in [2.24, 2.45) is 5.73 Å². The van der Waals surface area contributed by atoms with E-state index in [0.29, 0.717) is 6.54 Å². The smallest absolute Gasteiger partial charge is 0.203 e. The maximum atomic E-state index is 5.89. The molecule has 1 aromatic carbocycles. The number of hydrogen-bond acceptors (Lipinski definition) is 5. The summed E-state index contributed by atoms with van der Waals surface area (Å²) in [4.78, 5) is 4.31. The van der Waals surface area contributed by atoms with Gasteiger partial charge in [0.25, 0.3) is 0 Å². The van der Waals surface area contributed by atoms with Gasteiger partial charge in [-0.25, -0.2) is 4.98 Å². The lowest BCUT2D eigenvalue weighted by atomic mass is 9.92. The second kappa shape index (κ2) is 4.81. The van der Waals surface area contributed by atoms with Gasteiger partial charge in [0.1, 0.15) is 5.82 Å². The van der Waals surface area contributed by atoms with Crippen LogP contribution in [0.2, 0.25) is 0 Å². The fourth-order valence-electron chi connectivity index (χ4n) is 1.63. The molecule has 1 aromatic heterocycles. The Morgan fingerprint density at radius 3 is 2.59 bits per heavy atom. The molecule has 0 saturated carbocycles. The third-order valence-electron chi connectivity index (χ3n) is 2.73. The van der Waals surface area contributed by atoms with Gasteiger partial charge in [0.05, 0.1) is 5.54 Å². The lowest BCUT2D eigenvalue weighted by Gasteiger charge is -2.29. The third-order valence-corrected chi connectivity index (χ3v) is 3.45. The standard InChI is InChI=1S/C12H16N4S/c1-9-14-11(17-16-9)15-12(2,8-13)10-6-4-3-5-7-10/h3-7H,8,13H2,1-2H3,(H,14,15,16). The Labute approximate surface area is 105 Å². The maximum Gasteiger partial charge on any atom is 0.203 e. The third kappa shape index (κ3) is 2.62. The quantitative estimate of drug-likeness (QED) is 0.870. The van der Waals surface area contributed by atoms with E-state index in [1.54, 1.807) is 0 Å². The van der Waals surface area contributed by atoms with E-state index in [9.17, 15) is 0 Å². The first-order valence-electron chi connectivity index (χ1n) is 5.48. The number of nitrogens with zero attached hydrogens (tertiary/aromatic N) is 2. The van der Waals surface area contributed by atoms with Crippen LogP contribution in [0.15, 0.2) is 30.3 Å². The minimum absolute atomic E-state index is 0.312. The highest BCUT2D eigenvalue weighted by molar-refractivity contribution is 7.09. The van der Waals surface area contributed by atoms with Crippen molar-refractivity contribution in [1.29, 1.82) is 0 Å². The molecule has 0 spiro atoms. The Morgan fingerprint density at radius 1 is 1.35 bits per heavy atom. The summed E-state index contributed by atoms with van der Waals surface area (Å²) < 4.78 is 4.16.